The highest BCUT2D eigenvalue weighted by molar-refractivity contribution is 6.00. The summed E-state index contributed by atoms with van der Waals surface area (Å²) in [6.45, 7) is 0. The van der Waals surface area contributed by atoms with Crippen molar-refractivity contribution >= 4 is 17.6 Å². The third kappa shape index (κ3) is 4.16. The summed E-state index contributed by atoms with van der Waals surface area (Å²) in [7, 11) is 1.44. The zero-order valence-electron chi connectivity index (χ0n) is 12.9. The largest absolute Gasteiger partial charge is 0.508 e. The molecule has 2 aromatic carbocycles. The topological polar surface area (TPSA) is 116 Å². The molecule has 0 spiro atoms. The van der Waals surface area contributed by atoms with Gasteiger partial charge in [0, 0.05) is 6.42 Å². The Bertz CT molecular complexity index is 772. The van der Waals surface area contributed by atoms with Gasteiger partial charge in [-0.25, -0.2) is 4.79 Å². The molecule has 7 heteroatoms. The highest BCUT2D eigenvalue weighted by atomic mass is 16.5. The summed E-state index contributed by atoms with van der Waals surface area (Å²) in [5.74, 6) is -1.49. The van der Waals surface area contributed by atoms with Gasteiger partial charge in [0.2, 0.25) is 5.91 Å². The molecule has 0 aliphatic heterocycles. The van der Waals surface area contributed by atoms with Gasteiger partial charge in [-0.2, -0.15) is 0 Å². The van der Waals surface area contributed by atoms with Crippen molar-refractivity contribution in [3.8, 4) is 17.2 Å². The normalized spacial score (nSPS) is 10.2. The summed E-state index contributed by atoms with van der Waals surface area (Å²) in [6.07, 6.45) is 0.468. The Kier molecular flexibility index (Phi) is 5.26. The van der Waals surface area contributed by atoms with E-state index in [0.717, 1.165) is 11.6 Å². The Morgan fingerprint density at radius 2 is 1.88 bits per heavy atom. The fraction of sp³-hybridized carbons (Fsp3) is 0.176. The molecule has 0 radical (unpaired) electrons. The number of carboxylic acid groups (broad SMARTS) is 1. The van der Waals surface area contributed by atoms with Crippen LogP contribution < -0.4 is 10.1 Å². The standard InChI is InChI=1S/C17H17NO6/c1-24-15-6-2-10(8-14(15)20)3-7-16(21)18-13-5-4-11(19)9-12(13)17(22)23/h2,4-6,8-9,19-20H,3,7H2,1H3,(H,18,21)(H,22,23). The molecule has 0 unspecified atom stereocenters. The molecule has 0 atom stereocenters. The van der Waals surface area contributed by atoms with Crippen LogP contribution in [0.1, 0.15) is 22.3 Å². The zero-order valence-corrected chi connectivity index (χ0v) is 12.9. The fourth-order valence-electron chi connectivity index (χ4n) is 2.18. The molecule has 7 nitrogen and oxygen atoms in total. The number of hydrogen-bond donors (Lipinski definition) is 4. The van der Waals surface area contributed by atoms with Crippen molar-refractivity contribution in [3.05, 3.63) is 47.5 Å². The predicted octanol–water partition coefficient (Wildman–Crippen LogP) is 2.38. The average Bonchev–Trinajstić information content (AvgIpc) is 2.54. The summed E-state index contributed by atoms with van der Waals surface area (Å²) in [6, 6.07) is 8.54. The van der Waals surface area contributed by atoms with Crippen LogP contribution in [0, 0.1) is 0 Å². The molecule has 4 N–H and O–H groups in total. The third-order valence-electron chi connectivity index (χ3n) is 3.39. The van der Waals surface area contributed by atoms with E-state index < -0.39 is 5.97 Å². The first-order valence-corrected chi connectivity index (χ1v) is 7.12. The first kappa shape index (κ1) is 17.1. The minimum atomic E-state index is -1.25. The minimum Gasteiger partial charge on any atom is -0.508 e. The number of aromatic carboxylic acids is 1. The maximum Gasteiger partial charge on any atom is 0.337 e. The van der Waals surface area contributed by atoms with E-state index in [4.69, 9.17) is 9.84 Å². The molecule has 126 valence electrons. The van der Waals surface area contributed by atoms with Gasteiger partial charge in [-0.1, -0.05) is 6.07 Å². The molecule has 0 aromatic heterocycles. The molecule has 24 heavy (non-hydrogen) atoms. The molecule has 0 aliphatic rings. The maximum absolute atomic E-state index is 12.0. The van der Waals surface area contributed by atoms with Crippen molar-refractivity contribution in [1.82, 2.24) is 0 Å². The Labute approximate surface area is 138 Å². The molecular formula is C17H17NO6. The van der Waals surface area contributed by atoms with E-state index in [9.17, 15) is 19.8 Å². The summed E-state index contributed by atoms with van der Waals surface area (Å²) in [4.78, 5) is 23.1. The molecular weight excluding hydrogens is 314 g/mol. The van der Waals surface area contributed by atoms with Crippen molar-refractivity contribution < 1.29 is 29.6 Å². The van der Waals surface area contributed by atoms with Crippen molar-refractivity contribution in [3.63, 3.8) is 0 Å². The number of benzene rings is 2. The average molecular weight is 331 g/mol. The number of phenols is 2. The van der Waals surface area contributed by atoms with Crippen molar-refractivity contribution in [2.24, 2.45) is 0 Å². The van der Waals surface area contributed by atoms with E-state index in [1.54, 1.807) is 12.1 Å². The number of aryl methyl sites for hydroxylation is 1. The number of carbonyl (C=O) groups excluding carboxylic acids is 1. The van der Waals surface area contributed by atoms with Crippen LogP contribution in [0.5, 0.6) is 17.2 Å². The van der Waals surface area contributed by atoms with E-state index in [-0.39, 0.29) is 35.1 Å². The van der Waals surface area contributed by atoms with Gasteiger partial charge >= 0.3 is 5.97 Å². The summed E-state index contributed by atoms with van der Waals surface area (Å²) in [5.41, 5.74) is 0.668. The minimum absolute atomic E-state index is 0.0119. The number of hydrogen-bond acceptors (Lipinski definition) is 5. The maximum atomic E-state index is 12.0. The van der Waals surface area contributed by atoms with Crippen molar-refractivity contribution in [2.45, 2.75) is 12.8 Å². The monoisotopic (exact) mass is 331 g/mol. The van der Waals surface area contributed by atoms with Crippen LogP contribution >= 0.6 is 0 Å². The Morgan fingerprint density at radius 3 is 2.50 bits per heavy atom. The number of ether oxygens (including phenoxy) is 1. The lowest BCUT2D eigenvalue weighted by molar-refractivity contribution is -0.116. The van der Waals surface area contributed by atoms with E-state index in [2.05, 4.69) is 5.32 Å². The first-order valence-electron chi connectivity index (χ1n) is 7.12. The van der Waals surface area contributed by atoms with Crippen LogP contribution in [0.25, 0.3) is 0 Å². The Hall–Kier alpha value is -3.22. The quantitative estimate of drug-likeness (QED) is 0.604. The lowest BCUT2D eigenvalue weighted by Gasteiger charge is -2.09. The van der Waals surface area contributed by atoms with Gasteiger partial charge in [-0.15, -0.1) is 0 Å². The van der Waals surface area contributed by atoms with E-state index >= 15 is 0 Å². The summed E-state index contributed by atoms with van der Waals surface area (Å²) < 4.78 is 4.94. The number of carbonyl (C=O) groups is 2. The second-order valence-corrected chi connectivity index (χ2v) is 5.09. The van der Waals surface area contributed by atoms with E-state index in [1.165, 1.54) is 25.3 Å². The lowest BCUT2D eigenvalue weighted by Crippen LogP contribution is -2.15. The molecule has 0 saturated carbocycles. The molecule has 0 heterocycles. The first-order chi connectivity index (χ1) is 11.4. The van der Waals surface area contributed by atoms with Crippen LogP contribution in [0.15, 0.2) is 36.4 Å². The second-order valence-electron chi connectivity index (χ2n) is 5.09. The number of carboxylic acids is 1. The van der Waals surface area contributed by atoms with Crippen LogP contribution in [-0.2, 0) is 11.2 Å². The molecule has 0 saturated heterocycles. The Morgan fingerprint density at radius 1 is 1.12 bits per heavy atom. The number of rotatable bonds is 6. The van der Waals surface area contributed by atoms with E-state index in [1.807, 2.05) is 0 Å². The van der Waals surface area contributed by atoms with Crippen LogP contribution in [-0.4, -0.2) is 34.3 Å². The third-order valence-corrected chi connectivity index (χ3v) is 3.39. The predicted molar refractivity (Wildman–Crippen MR) is 86.7 cm³/mol. The van der Waals surface area contributed by atoms with Gasteiger partial charge in [-0.3, -0.25) is 4.79 Å². The number of nitrogens with one attached hydrogen (secondary N) is 1. The highest BCUT2D eigenvalue weighted by Gasteiger charge is 2.13. The van der Waals surface area contributed by atoms with Gasteiger partial charge < -0.3 is 25.4 Å². The number of amides is 1. The fourth-order valence-corrected chi connectivity index (χ4v) is 2.18. The number of aromatic hydroxyl groups is 2. The molecule has 1 amide bonds. The van der Waals surface area contributed by atoms with Crippen LogP contribution in [0.2, 0.25) is 0 Å². The molecule has 2 aromatic rings. The van der Waals surface area contributed by atoms with Crippen LogP contribution in [0.3, 0.4) is 0 Å². The van der Waals surface area contributed by atoms with Gasteiger partial charge in [0.05, 0.1) is 18.4 Å². The van der Waals surface area contributed by atoms with Crippen LogP contribution in [0.4, 0.5) is 5.69 Å². The molecule has 2 rings (SSSR count). The Balaban J connectivity index is 2.01. The van der Waals surface area contributed by atoms with Gasteiger partial charge in [0.25, 0.3) is 0 Å². The summed E-state index contributed by atoms with van der Waals surface area (Å²) >= 11 is 0. The lowest BCUT2D eigenvalue weighted by atomic mass is 10.1. The van der Waals surface area contributed by atoms with E-state index in [0.29, 0.717) is 12.2 Å². The zero-order chi connectivity index (χ0) is 17.7. The molecule has 0 fully saturated rings. The molecule has 0 aliphatic carbocycles. The van der Waals surface area contributed by atoms with Crippen molar-refractivity contribution in [1.29, 1.82) is 0 Å². The van der Waals surface area contributed by atoms with Crippen molar-refractivity contribution in [2.75, 3.05) is 12.4 Å². The number of phenolic OH excluding ortho intramolecular Hbond substituents is 2. The SMILES string of the molecule is COc1ccc(CCC(=O)Nc2ccc(O)cc2C(=O)O)cc1O. The second kappa shape index (κ2) is 7.36. The highest BCUT2D eigenvalue weighted by Crippen LogP contribution is 2.27. The number of methoxy groups -OCH3 is 1. The molecule has 0 bridgehead atoms. The smallest absolute Gasteiger partial charge is 0.337 e. The van der Waals surface area contributed by atoms with Gasteiger partial charge in [0.1, 0.15) is 5.75 Å². The summed E-state index contributed by atoms with van der Waals surface area (Å²) in [5, 5.41) is 30.6. The number of anilines is 1. The van der Waals surface area contributed by atoms with Gasteiger partial charge in [0.15, 0.2) is 11.5 Å². The van der Waals surface area contributed by atoms with Gasteiger partial charge in [-0.05, 0) is 42.3 Å².